The Bertz CT molecular complexity index is 792. The van der Waals surface area contributed by atoms with Crippen LogP contribution in [-0.2, 0) is 6.42 Å². The van der Waals surface area contributed by atoms with E-state index >= 15 is 0 Å². The standard InChI is InChI=1S/C16H13NO2S/c1-10-17-14(15(20-10)16(18)19)9-11-6-7-12-4-2-3-5-13(12)8-11/h2-8H,9H2,1H3,(H,18,19). The highest BCUT2D eigenvalue weighted by Gasteiger charge is 2.15. The number of rotatable bonds is 3. The van der Waals surface area contributed by atoms with E-state index in [1.807, 2.05) is 25.1 Å². The first-order chi connectivity index (χ1) is 9.63. The van der Waals surface area contributed by atoms with Gasteiger partial charge in [-0.15, -0.1) is 11.3 Å². The Hall–Kier alpha value is -2.20. The third-order valence-electron chi connectivity index (χ3n) is 3.18. The van der Waals surface area contributed by atoms with E-state index in [-0.39, 0.29) is 0 Å². The van der Waals surface area contributed by atoms with Crippen LogP contribution in [0.2, 0.25) is 0 Å². The molecule has 3 nitrogen and oxygen atoms in total. The minimum atomic E-state index is -0.897. The molecule has 0 aliphatic rings. The summed E-state index contributed by atoms with van der Waals surface area (Å²) in [7, 11) is 0. The van der Waals surface area contributed by atoms with Crippen molar-refractivity contribution >= 4 is 28.1 Å². The molecule has 0 amide bonds. The first-order valence-corrected chi connectivity index (χ1v) is 7.12. The number of hydrogen-bond donors (Lipinski definition) is 1. The van der Waals surface area contributed by atoms with Gasteiger partial charge in [-0.05, 0) is 23.3 Å². The molecule has 100 valence electrons. The summed E-state index contributed by atoms with van der Waals surface area (Å²) in [6.45, 7) is 1.83. The topological polar surface area (TPSA) is 50.2 Å². The van der Waals surface area contributed by atoms with Crippen LogP contribution < -0.4 is 0 Å². The molecule has 0 unspecified atom stereocenters. The number of carboxylic acids is 1. The van der Waals surface area contributed by atoms with Crippen LogP contribution in [0.25, 0.3) is 10.8 Å². The molecule has 0 aliphatic heterocycles. The predicted octanol–water partition coefficient (Wildman–Crippen LogP) is 3.89. The fourth-order valence-corrected chi connectivity index (χ4v) is 3.07. The fourth-order valence-electron chi connectivity index (χ4n) is 2.30. The van der Waals surface area contributed by atoms with Gasteiger partial charge in [0.2, 0.25) is 0 Å². The fraction of sp³-hybridized carbons (Fsp3) is 0.125. The number of aryl methyl sites for hydroxylation is 1. The maximum absolute atomic E-state index is 11.2. The van der Waals surface area contributed by atoms with Crippen molar-refractivity contribution in [3.05, 3.63) is 63.6 Å². The molecule has 0 saturated carbocycles. The van der Waals surface area contributed by atoms with Gasteiger partial charge in [0.1, 0.15) is 4.88 Å². The molecule has 1 N–H and O–H groups in total. The van der Waals surface area contributed by atoms with Crippen molar-refractivity contribution in [1.82, 2.24) is 4.98 Å². The van der Waals surface area contributed by atoms with Gasteiger partial charge in [-0.2, -0.15) is 0 Å². The molecule has 0 aliphatic carbocycles. The van der Waals surface area contributed by atoms with Gasteiger partial charge >= 0.3 is 5.97 Å². The molecule has 2 aromatic carbocycles. The summed E-state index contributed by atoms with van der Waals surface area (Å²) >= 11 is 1.23. The minimum absolute atomic E-state index is 0.343. The lowest BCUT2D eigenvalue weighted by Crippen LogP contribution is -2.00. The summed E-state index contributed by atoms with van der Waals surface area (Å²) in [5.74, 6) is -0.897. The zero-order valence-electron chi connectivity index (χ0n) is 11.0. The number of benzene rings is 2. The first-order valence-electron chi connectivity index (χ1n) is 6.31. The van der Waals surface area contributed by atoms with E-state index in [2.05, 4.69) is 29.2 Å². The number of hydrogen-bond acceptors (Lipinski definition) is 3. The SMILES string of the molecule is Cc1nc(Cc2ccc3ccccc3c2)c(C(=O)O)s1. The van der Waals surface area contributed by atoms with Crippen molar-refractivity contribution in [2.75, 3.05) is 0 Å². The van der Waals surface area contributed by atoms with Crippen LogP contribution in [0, 0.1) is 6.92 Å². The predicted molar refractivity (Wildman–Crippen MR) is 80.6 cm³/mol. The Morgan fingerprint density at radius 3 is 2.70 bits per heavy atom. The average molecular weight is 283 g/mol. The van der Waals surface area contributed by atoms with Crippen molar-refractivity contribution < 1.29 is 9.90 Å². The number of aromatic carboxylic acids is 1. The molecule has 0 atom stereocenters. The Kier molecular flexibility index (Phi) is 3.24. The maximum Gasteiger partial charge on any atom is 0.347 e. The molecule has 0 spiro atoms. The number of nitrogens with zero attached hydrogens (tertiary/aromatic N) is 1. The van der Waals surface area contributed by atoms with Crippen LogP contribution >= 0.6 is 11.3 Å². The molecule has 1 aromatic heterocycles. The van der Waals surface area contributed by atoms with E-state index in [9.17, 15) is 9.90 Å². The Balaban J connectivity index is 1.99. The number of fused-ring (bicyclic) bond motifs is 1. The van der Waals surface area contributed by atoms with Crippen LogP contribution in [0.15, 0.2) is 42.5 Å². The maximum atomic E-state index is 11.2. The summed E-state index contributed by atoms with van der Waals surface area (Å²) in [5.41, 5.74) is 1.73. The Labute approximate surface area is 120 Å². The molecule has 3 aromatic rings. The lowest BCUT2D eigenvalue weighted by Gasteiger charge is -2.03. The van der Waals surface area contributed by atoms with Crippen molar-refractivity contribution in [2.24, 2.45) is 0 Å². The summed E-state index contributed by atoms with van der Waals surface area (Å²) in [4.78, 5) is 15.9. The van der Waals surface area contributed by atoms with Crippen molar-refractivity contribution in [2.45, 2.75) is 13.3 Å². The van der Waals surface area contributed by atoms with Crippen molar-refractivity contribution in [3.8, 4) is 0 Å². The number of aromatic nitrogens is 1. The highest BCUT2D eigenvalue weighted by Crippen LogP contribution is 2.23. The van der Waals surface area contributed by atoms with Gasteiger partial charge in [0.15, 0.2) is 0 Å². The lowest BCUT2D eigenvalue weighted by atomic mass is 10.0. The summed E-state index contributed by atoms with van der Waals surface area (Å²) < 4.78 is 0. The van der Waals surface area contributed by atoms with E-state index in [4.69, 9.17) is 0 Å². The number of carboxylic acid groups (broad SMARTS) is 1. The molecular weight excluding hydrogens is 270 g/mol. The number of thiazole rings is 1. The van der Waals surface area contributed by atoms with Crippen LogP contribution in [-0.4, -0.2) is 16.1 Å². The van der Waals surface area contributed by atoms with Gasteiger partial charge in [-0.3, -0.25) is 0 Å². The highest BCUT2D eigenvalue weighted by molar-refractivity contribution is 7.13. The van der Waals surface area contributed by atoms with E-state index in [1.54, 1.807) is 0 Å². The second-order valence-corrected chi connectivity index (χ2v) is 5.88. The van der Waals surface area contributed by atoms with Crippen LogP contribution in [0.5, 0.6) is 0 Å². The molecular formula is C16H13NO2S. The lowest BCUT2D eigenvalue weighted by molar-refractivity contribution is 0.0701. The minimum Gasteiger partial charge on any atom is -0.477 e. The molecule has 3 rings (SSSR count). The molecule has 0 bridgehead atoms. The summed E-state index contributed by atoms with van der Waals surface area (Å²) in [6.07, 6.45) is 0.552. The van der Waals surface area contributed by atoms with Gasteiger partial charge in [0, 0.05) is 6.42 Å². The second kappa shape index (κ2) is 5.06. The molecule has 0 saturated heterocycles. The van der Waals surface area contributed by atoms with Gasteiger partial charge in [0.05, 0.1) is 10.7 Å². The van der Waals surface area contributed by atoms with Gasteiger partial charge in [-0.1, -0.05) is 42.5 Å². The van der Waals surface area contributed by atoms with Crippen LogP contribution in [0.3, 0.4) is 0 Å². The molecule has 1 heterocycles. The van der Waals surface area contributed by atoms with E-state index in [0.29, 0.717) is 17.0 Å². The molecule has 0 fully saturated rings. The third-order valence-corrected chi connectivity index (χ3v) is 4.19. The van der Waals surface area contributed by atoms with Crippen molar-refractivity contribution in [1.29, 1.82) is 0 Å². The highest BCUT2D eigenvalue weighted by atomic mass is 32.1. The Morgan fingerprint density at radius 1 is 1.20 bits per heavy atom. The third kappa shape index (κ3) is 2.42. The van der Waals surface area contributed by atoms with Crippen molar-refractivity contribution in [3.63, 3.8) is 0 Å². The normalized spacial score (nSPS) is 10.8. The van der Waals surface area contributed by atoms with Gasteiger partial charge < -0.3 is 5.11 Å². The summed E-state index contributed by atoms with van der Waals surface area (Å²) in [5, 5.41) is 12.3. The van der Waals surface area contributed by atoms with Gasteiger partial charge in [-0.25, -0.2) is 9.78 Å². The van der Waals surface area contributed by atoms with Gasteiger partial charge in [0.25, 0.3) is 0 Å². The zero-order valence-corrected chi connectivity index (χ0v) is 11.8. The molecule has 4 heteroatoms. The zero-order chi connectivity index (χ0) is 14.1. The van der Waals surface area contributed by atoms with Crippen LogP contribution in [0.4, 0.5) is 0 Å². The average Bonchev–Trinajstić information content (AvgIpc) is 2.80. The first kappa shape index (κ1) is 12.8. The van der Waals surface area contributed by atoms with E-state index in [1.165, 1.54) is 16.7 Å². The smallest absolute Gasteiger partial charge is 0.347 e. The molecule has 20 heavy (non-hydrogen) atoms. The van der Waals surface area contributed by atoms with E-state index < -0.39 is 5.97 Å². The quantitative estimate of drug-likeness (QED) is 0.793. The largest absolute Gasteiger partial charge is 0.477 e. The Morgan fingerprint density at radius 2 is 1.95 bits per heavy atom. The number of carbonyl (C=O) groups is 1. The summed E-state index contributed by atoms with van der Waals surface area (Å²) in [6, 6.07) is 14.3. The van der Waals surface area contributed by atoms with E-state index in [0.717, 1.165) is 16.0 Å². The monoisotopic (exact) mass is 283 g/mol. The van der Waals surface area contributed by atoms with Crippen LogP contribution in [0.1, 0.15) is 25.9 Å². The second-order valence-electron chi connectivity index (χ2n) is 4.67. The molecule has 0 radical (unpaired) electrons.